The zero-order valence-electron chi connectivity index (χ0n) is 5.43. The van der Waals surface area contributed by atoms with Crippen LogP contribution in [0.15, 0.2) is 11.4 Å². The van der Waals surface area contributed by atoms with Crippen LogP contribution in [0, 0.1) is 0 Å². The molecule has 1 fully saturated rings. The molecule has 1 heterocycles. The summed E-state index contributed by atoms with van der Waals surface area (Å²) in [5.74, 6) is 0. The Morgan fingerprint density at radius 3 is 2.70 bits per heavy atom. The van der Waals surface area contributed by atoms with Gasteiger partial charge >= 0.3 is 0 Å². The average molecular weight is 174 g/mol. The molecule has 3 heteroatoms. The van der Waals surface area contributed by atoms with E-state index in [2.05, 4.69) is 0 Å². The Kier molecular flexibility index (Phi) is 1.31. The van der Waals surface area contributed by atoms with E-state index in [4.69, 9.17) is 17.3 Å². The monoisotopic (exact) mass is 173 g/mol. The van der Waals surface area contributed by atoms with E-state index in [1.807, 2.05) is 11.4 Å². The Morgan fingerprint density at radius 1 is 1.60 bits per heavy atom. The maximum atomic E-state index is 5.94. The molecule has 0 bridgehead atoms. The Balaban J connectivity index is 2.42. The van der Waals surface area contributed by atoms with E-state index in [9.17, 15) is 0 Å². The molecule has 54 valence electrons. The van der Waals surface area contributed by atoms with Crippen LogP contribution in [-0.4, -0.2) is 0 Å². The Hall–Kier alpha value is -0.0500. The third-order valence-electron chi connectivity index (χ3n) is 1.86. The molecule has 0 unspecified atom stereocenters. The van der Waals surface area contributed by atoms with E-state index in [0.29, 0.717) is 0 Å². The lowest BCUT2D eigenvalue weighted by molar-refractivity contribution is 0.759. The standard InChI is InChI=1S/C7H8ClNS/c8-5-1-4-10-6(5)7(9)2-3-7/h1,4H,2-3,9H2. The minimum absolute atomic E-state index is 0.0503. The zero-order valence-corrected chi connectivity index (χ0v) is 7.00. The topological polar surface area (TPSA) is 26.0 Å². The molecule has 0 saturated heterocycles. The molecule has 2 N–H and O–H groups in total. The van der Waals surface area contributed by atoms with E-state index in [1.165, 1.54) is 0 Å². The number of nitrogens with two attached hydrogens (primary N) is 1. The molecule has 0 amide bonds. The molecule has 10 heavy (non-hydrogen) atoms. The van der Waals surface area contributed by atoms with E-state index in [0.717, 1.165) is 22.7 Å². The predicted octanol–water partition coefficient (Wildman–Crippen LogP) is 2.35. The third kappa shape index (κ3) is 0.875. The van der Waals surface area contributed by atoms with Gasteiger partial charge in [0.05, 0.1) is 10.6 Å². The normalized spacial score (nSPS) is 21.0. The molecule has 1 aliphatic carbocycles. The van der Waals surface area contributed by atoms with Crippen LogP contribution in [0.4, 0.5) is 0 Å². The quantitative estimate of drug-likeness (QED) is 0.693. The zero-order chi connectivity index (χ0) is 7.19. The fraction of sp³-hybridized carbons (Fsp3) is 0.429. The van der Waals surface area contributed by atoms with Crippen molar-refractivity contribution in [2.24, 2.45) is 5.73 Å². The van der Waals surface area contributed by atoms with Gasteiger partial charge in [-0.25, -0.2) is 0 Å². The number of halogens is 1. The average Bonchev–Trinajstić information content (AvgIpc) is 2.44. The fourth-order valence-electron chi connectivity index (χ4n) is 1.01. The van der Waals surface area contributed by atoms with Crippen LogP contribution in [0.1, 0.15) is 17.7 Å². The summed E-state index contributed by atoms with van der Waals surface area (Å²) in [5, 5.41) is 2.83. The van der Waals surface area contributed by atoms with Crippen LogP contribution < -0.4 is 5.73 Å². The van der Waals surface area contributed by atoms with Gasteiger partial charge in [0, 0.05) is 4.88 Å². The van der Waals surface area contributed by atoms with Crippen LogP contribution in [-0.2, 0) is 5.54 Å². The molecule has 1 aromatic heterocycles. The highest BCUT2D eigenvalue weighted by Crippen LogP contribution is 2.47. The molecule has 0 radical (unpaired) electrons. The Morgan fingerprint density at radius 2 is 2.30 bits per heavy atom. The summed E-state index contributed by atoms with van der Waals surface area (Å²) in [6, 6.07) is 1.91. The van der Waals surface area contributed by atoms with Crippen molar-refractivity contribution < 1.29 is 0 Å². The van der Waals surface area contributed by atoms with Crippen molar-refractivity contribution in [2.75, 3.05) is 0 Å². The molecule has 0 aliphatic heterocycles. The van der Waals surface area contributed by atoms with Gasteiger partial charge in [-0.2, -0.15) is 0 Å². The molecule has 0 spiro atoms. The number of thiophene rings is 1. The summed E-state index contributed by atoms with van der Waals surface area (Å²) in [4.78, 5) is 1.16. The minimum atomic E-state index is -0.0503. The van der Waals surface area contributed by atoms with Crippen molar-refractivity contribution in [1.82, 2.24) is 0 Å². The summed E-state index contributed by atoms with van der Waals surface area (Å²) >= 11 is 7.56. The second-order valence-corrected chi connectivity index (χ2v) is 4.08. The lowest BCUT2D eigenvalue weighted by Crippen LogP contribution is -2.17. The largest absolute Gasteiger partial charge is 0.321 e. The van der Waals surface area contributed by atoms with Crippen molar-refractivity contribution in [3.63, 3.8) is 0 Å². The van der Waals surface area contributed by atoms with Crippen LogP contribution in [0.3, 0.4) is 0 Å². The second kappa shape index (κ2) is 1.97. The van der Waals surface area contributed by atoms with Gasteiger partial charge in [0.1, 0.15) is 0 Å². The minimum Gasteiger partial charge on any atom is -0.321 e. The van der Waals surface area contributed by atoms with Gasteiger partial charge in [0.15, 0.2) is 0 Å². The van der Waals surface area contributed by atoms with Gasteiger partial charge in [0.25, 0.3) is 0 Å². The van der Waals surface area contributed by atoms with Crippen LogP contribution in [0.5, 0.6) is 0 Å². The first-order chi connectivity index (χ1) is 4.72. The molecule has 1 aromatic rings. The first-order valence-electron chi connectivity index (χ1n) is 3.25. The van der Waals surface area contributed by atoms with Crippen LogP contribution in [0.2, 0.25) is 5.02 Å². The highest BCUT2D eigenvalue weighted by atomic mass is 35.5. The van der Waals surface area contributed by atoms with E-state index in [1.54, 1.807) is 11.3 Å². The predicted molar refractivity (Wildman–Crippen MR) is 44.4 cm³/mol. The van der Waals surface area contributed by atoms with Crippen molar-refractivity contribution in [3.05, 3.63) is 21.3 Å². The Bertz CT molecular complexity index is 252. The third-order valence-corrected chi connectivity index (χ3v) is 3.42. The maximum Gasteiger partial charge on any atom is 0.0564 e. The molecule has 1 saturated carbocycles. The molecule has 1 aliphatic rings. The first-order valence-corrected chi connectivity index (χ1v) is 4.50. The lowest BCUT2D eigenvalue weighted by Gasteiger charge is -2.04. The SMILES string of the molecule is NC1(c2sccc2Cl)CC1. The van der Waals surface area contributed by atoms with Gasteiger partial charge in [-0.1, -0.05) is 11.6 Å². The summed E-state index contributed by atoms with van der Waals surface area (Å²) in [6.07, 6.45) is 2.18. The number of rotatable bonds is 1. The summed E-state index contributed by atoms with van der Waals surface area (Å²) in [5.41, 5.74) is 5.89. The number of hydrogen-bond donors (Lipinski definition) is 1. The lowest BCUT2D eigenvalue weighted by atomic mass is 10.2. The van der Waals surface area contributed by atoms with Crippen molar-refractivity contribution in [1.29, 1.82) is 0 Å². The summed E-state index contributed by atoms with van der Waals surface area (Å²) < 4.78 is 0. The first kappa shape index (κ1) is 6.65. The summed E-state index contributed by atoms with van der Waals surface area (Å²) in [7, 11) is 0. The molecular formula is C7H8ClNS. The van der Waals surface area contributed by atoms with Crippen molar-refractivity contribution >= 4 is 22.9 Å². The molecule has 2 rings (SSSR count). The molecular weight excluding hydrogens is 166 g/mol. The molecule has 1 nitrogen and oxygen atoms in total. The Labute approximate surface area is 68.8 Å². The van der Waals surface area contributed by atoms with Crippen LogP contribution >= 0.6 is 22.9 Å². The van der Waals surface area contributed by atoms with Crippen molar-refractivity contribution in [3.8, 4) is 0 Å². The van der Waals surface area contributed by atoms with E-state index in [-0.39, 0.29) is 5.54 Å². The van der Waals surface area contributed by atoms with Gasteiger partial charge in [-0.15, -0.1) is 11.3 Å². The molecule has 0 atom stereocenters. The van der Waals surface area contributed by atoms with Gasteiger partial charge < -0.3 is 5.73 Å². The summed E-state index contributed by atoms with van der Waals surface area (Å²) in [6.45, 7) is 0. The smallest absolute Gasteiger partial charge is 0.0564 e. The highest BCUT2D eigenvalue weighted by Gasteiger charge is 2.42. The number of hydrogen-bond acceptors (Lipinski definition) is 2. The van der Waals surface area contributed by atoms with Crippen molar-refractivity contribution in [2.45, 2.75) is 18.4 Å². The van der Waals surface area contributed by atoms with Crippen LogP contribution in [0.25, 0.3) is 0 Å². The molecule has 0 aromatic carbocycles. The van der Waals surface area contributed by atoms with Gasteiger partial charge in [-0.05, 0) is 24.3 Å². The maximum absolute atomic E-state index is 5.94. The second-order valence-electron chi connectivity index (χ2n) is 2.75. The fourth-order valence-corrected chi connectivity index (χ4v) is 2.43. The van der Waals surface area contributed by atoms with Gasteiger partial charge in [0.2, 0.25) is 0 Å². The van der Waals surface area contributed by atoms with E-state index >= 15 is 0 Å². The highest BCUT2D eigenvalue weighted by molar-refractivity contribution is 7.10. The van der Waals surface area contributed by atoms with Gasteiger partial charge in [-0.3, -0.25) is 0 Å². The van der Waals surface area contributed by atoms with E-state index < -0.39 is 0 Å².